The Labute approximate surface area is 80.1 Å². The summed E-state index contributed by atoms with van der Waals surface area (Å²) in [5, 5.41) is 9.79. The first kappa shape index (κ1) is 10.3. The van der Waals surface area contributed by atoms with Gasteiger partial charge in [0.25, 0.3) is 0 Å². The molecule has 3 atom stereocenters. The maximum absolute atomic E-state index is 9.79. The number of halogens is 1. The summed E-state index contributed by atoms with van der Waals surface area (Å²) in [6.07, 6.45) is 3.00. The summed E-state index contributed by atoms with van der Waals surface area (Å²) < 4.78 is 0. The molecule has 1 N–H and O–H groups in total. The molecule has 0 radical (unpaired) electrons. The molecule has 0 saturated heterocycles. The van der Waals surface area contributed by atoms with Gasteiger partial charge >= 0.3 is 0 Å². The number of aliphatic hydroxyl groups excluding tert-OH is 1. The van der Waals surface area contributed by atoms with Gasteiger partial charge in [-0.25, -0.2) is 0 Å². The third kappa shape index (κ3) is 2.37. The summed E-state index contributed by atoms with van der Waals surface area (Å²) in [6, 6.07) is 0. The molecule has 0 unspecified atom stereocenters. The van der Waals surface area contributed by atoms with Crippen LogP contribution in [0.4, 0.5) is 0 Å². The molecule has 2 heteroatoms. The van der Waals surface area contributed by atoms with Gasteiger partial charge in [0, 0.05) is 10.8 Å². The fourth-order valence-corrected chi connectivity index (χ4v) is 2.41. The van der Waals surface area contributed by atoms with Crippen LogP contribution in [-0.2, 0) is 0 Å². The Morgan fingerprint density at radius 3 is 2.33 bits per heavy atom. The Morgan fingerprint density at radius 1 is 1.33 bits per heavy atom. The molecule has 0 aliphatic heterocycles. The summed E-state index contributed by atoms with van der Waals surface area (Å²) in [4.78, 5) is -0.250. The van der Waals surface area contributed by atoms with E-state index in [0.717, 1.165) is 12.8 Å². The minimum Gasteiger partial charge on any atom is -0.393 e. The lowest BCUT2D eigenvalue weighted by Crippen LogP contribution is -2.39. The van der Waals surface area contributed by atoms with Crippen LogP contribution in [0.25, 0.3) is 0 Å². The van der Waals surface area contributed by atoms with E-state index in [0.29, 0.717) is 5.92 Å². The molecular formula is C10H19ClO. The van der Waals surface area contributed by atoms with E-state index < -0.39 is 0 Å². The Bertz CT molecular complexity index is 150. The zero-order chi connectivity index (χ0) is 9.35. The van der Waals surface area contributed by atoms with E-state index in [4.69, 9.17) is 11.6 Å². The highest BCUT2D eigenvalue weighted by atomic mass is 35.5. The van der Waals surface area contributed by atoms with Gasteiger partial charge in [0.15, 0.2) is 0 Å². The maximum Gasteiger partial charge on any atom is 0.0587 e. The lowest BCUT2D eigenvalue weighted by molar-refractivity contribution is 0.0334. The Morgan fingerprint density at radius 2 is 1.92 bits per heavy atom. The van der Waals surface area contributed by atoms with E-state index in [1.165, 1.54) is 6.42 Å². The van der Waals surface area contributed by atoms with Gasteiger partial charge in [-0.05, 0) is 32.6 Å². The highest BCUT2D eigenvalue weighted by molar-refractivity contribution is 6.23. The highest BCUT2D eigenvalue weighted by Gasteiger charge is 2.36. The first-order valence-electron chi connectivity index (χ1n) is 4.78. The normalized spacial score (nSPS) is 38.2. The largest absolute Gasteiger partial charge is 0.393 e. The Hall–Kier alpha value is 0.250. The third-order valence-electron chi connectivity index (χ3n) is 2.96. The van der Waals surface area contributed by atoms with Crippen molar-refractivity contribution in [3.8, 4) is 0 Å². The summed E-state index contributed by atoms with van der Waals surface area (Å²) in [6.45, 7) is 6.19. The molecule has 1 aliphatic rings. The van der Waals surface area contributed by atoms with Crippen LogP contribution in [-0.4, -0.2) is 16.1 Å². The van der Waals surface area contributed by atoms with E-state index in [-0.39, 0.29) is 16.9 Å². The SMILES string of the molecule is C[C@H]1CC[C@H](C(C)(C)Cl)[C@H](O)C1. The molecule has 0 aromatic carbocycles. The molecular weight excluding hydrogens is 172 g/mol. The quantitative estimate of drug-likeness (QED) is 0.631. The smallest absolute Gasteiger partial charge is 0.0587 e. The van der Waals surface area contributed by atoms with Gasteiger partial charge in [0.2, 0.25) is 0 Å². The minimum absolute atomic E-state index is 0.193. The zero-order valence-corrected chi connectivity index (χ0v) is 8.93. The standard InChI is InChI=1S/C10H19ClO/c1-7-4-5-8(9(12)6-7)10(2,3)11/h7-9,12H,4-6H2,1-3H3/t7-,8-,9+/m0/s1. The highest BCUT2D eigenvalue weighted by Crippen LogP contribution is 2.38. The summed E-state index contributed by atoms with van der Waals surface area (Å²) >= 11 is 6.19. The van der Waals surface area contributed by atoms with Crippen LogP contribution in [0.1, 0.15) is 40.0 Å². The van der Waals surface area contributed by atoms with Crippen LogP contribution in [0, 0.1) is 11.8 Å². The van der Waals surface area contributed by atoms with Crippen molar-refractivity contribution in [2.24, 2.45) is 11.8 Å². The van der Waals surface area contributed by atoms with Crippen molar-refractivity contribution in [3.05, 3.63) is 0 Å². The number of hydrogen-bond acceptors (Lipinski definition) is 1. The van der Waals surface area contributed by atoms with Crippen LogP contribution in [0.2, 0.25) is 0 Å². The van der Waals surface area contributed by atoms with Gasteiger partial charge in [0.05, 0.1) is 6.10 Å². The number of rotatable bonds is 1. The summed E-state index contributed by atoms with van der Waals surface area (Å²) in [5.41, 5.74) is 0. The first-order chi connectivity index (χ1) is 5.41. The van der Waals surface area contributed by atoms with Crippen molar-refractivity contribution < 1.29 is 5.11 Å². The molecule has 0 aromatic heterocycles. The second kappa shape index (κ2) is 3.55. The van der Waals surface area contributed by atoms with Gasteiger partial charge < -0.3 is 5.11 Å². The monoisotopic (exact) mass is 190 g/mol. The van der Waals surface area contributed by atoms with Crippen LogP contribution in [0.15, 0.2) is 0 Å². The van der Waals surface area contributed by atoms with Crippen molar-refractivity contribution >= 4 is 11.6 Å². The molecule has 0 amide bonds. The second-order valence-corrected chi connectivity index (χ2v) is 5.63. The molecule has 0 heterocycles. The van der Waals surface area contributed by atoms with E-state index >= 15 is 0 Å². The van der Waals surface area contributed by atoms with Crippen molar-refractivity contribution in [2.75, 3.05) is 0 Å². The number of hydrogen-bond donors (Lipinski definition) is 1. The van der Waals surface area contributed by atoms with E-state index in [9.17, 15) is 5.11 Å². The van der Waals surface area contributed by atoms with E-state index in [2.05, 4.69) is 6.92 Å². The van der Waals surface area contributed by atoms with Gasteiger partial charge in [-0.2, -0.15) is 0 Å². The molecule has 0 spiro atoms. The van der Waals surface area contributed by atoms with E-state index in [1.807, 2.05) is 13.8 Å². The summed E-state index contributed by atoms with van der Waals surface area (Å²) in [7, 11) is 0. The molecule has 72 valence electrons. The molecule has 1 saturated carbocycles. The van der Waals surface area contributed by atoms with Crippen molar-refractivity contribution in [2.45, 2.75) is 51.0 Å². The predicted octanol–water partition coefficient (Wildman–Crippen LogP) is 2.80. The van der Waals surface area contributed by atoms with Gasteiger partial charge in [-0.3, -0.25) is 0 Å². The van der Waals surface area contributed by atoms with Gasteiger partial charge in [0.1, 0.15) is 0 Å². The lowest BCUT2D eigenvalue weighted by atomic mass is 9.75. The van der Waals surface area contributed by atoms with Crippen LogP contribution in [0.5, 0.6) is 0 Å². The maximum atomic E-state index is 9.79. The fourth-order valence-electron chi connectivity index (χ4n) is 2.15. The fraction of sp³-hybridized carbons (Fsp3) is 1.00. The van der Waals surface area contributed by atoms with Crippen molar-refractivity contribution in [1.29, 1.82) is 0 Å². The Balaban J connectivity index is 2.57. The molecule has 1 rings (SSSR count). The third-order valence-corrected chi connectivity index (χ3v) is 3.24. The first-order valence-corrected chi connectivity index (χ1v) is 5.16. The average molecular weight is 191 g/mol. The van der Waals surface area contributed by atoms with Gasteiger partial charge in [-0.15, -0.1) is 11.6 Å². The molecule has 1 fully saturated rings. The van der Waals surface area contributed by atoms with Gasteiger partial charge in [-0.1, -0.05) is 13.3 Å². The topological polar surface area (TPSA) is 20.2 Å². The summed E-state index contributed by atoms with van der Waals surface area (Å²) in [5.74, 6) is 0.936. The average Bonchev–Trinajstić information content (AvgIpc) is 1.83. The molecule has 1 aliphatic carbocycles. The Kier molecular flexibility index (Phi) is 3.06. The number of aliphatic hydroxyl groups is 1. The van der Waals surface area contributed by atoms with Crippen LogP contribution in [0.3, 0.4) is 0 Å². The predicted molar refractivity (Wildman–Crippen MR) is 52.4 cm³/mol. The van der Waals surface area contributed by atoms with Crippen LogP contribution >= 0.6 is 11.6 Å². The second-order valence-electron chi connectivity index (χ2n) is 4.66. The molecule has 12 heavy (non-hydrogen) atoms. The minimum atomic E-state index is -0.250. The molecule has 0 bridgehead atoms. The zero-order valence-electron chi connectivity index (χ0n) is 8.18. The molecule has 1 nitrogen and oxygen atoms in total. The van der Waals surface area contributed by atoms with Crippen molar-refractivity contribution in [3.63, 3.8) is 0 Å². The van der Waals surface area contributed by atoms with E-state index in [1.54, 1.807) is 0 Å². The molecule has 0 aromatic rings. The number of alkyl halides is 1. The van der Waals surface area contributed by atoms with Crippen molar-refractivity contribution in [1.82, 2.24) is 0 Å². The lowest BCUT2D eigenvalue weighted by Gasteiger charge is -2.38. The van der Waals surface area contributed by atoms with Crippen LogP contribution < -0.4 is 0 Å².